The summed E-state index contributed by atoms with van der Waals surface area (Å²) in [5.41, 5.74) is 0.862. The van der Waals surface area contributed by atoms with E-state index in [0.717, 1.165) is 43.9 Å². The smallest absolute Gasteiger partial charge is 0.225 e. The highest BCUT2D eigenvalue weighted by atomic mass is 19.1. The van der Waals surface area contributed by atoms with Crippen molar-refractivity contribution in [2.24, 2.45) is 5.92 Å². The van der Waals surface area contributed by atoms with Crippen LogP contribution in [0.1, 0.15) is 12.0 Å². The molecule has 2 aliphatic rings. The Kier molecular flexibility index (Phi) is 4.99. The van der Waals surface area contributed by atoms with Gasteiger partial charge in [0.05, 0.1) is 25.6 Å². The van der Waals surface area contributed by atoms with Gasteiger partial charge < -0.3 is 14.7 Å². The Morgan fingerprint density at radius 2 is 2.04 bits per heavy atom. The maximum absolute atomic E-state index is 13.0. The van der Waals surface area contributed by atoms with E-state index in [-0.39, 0.29) is 6.61 Å². The minimum absolute atomic E-state index is 0.0256. The summed E-state index contributed by atoms with van der Waals surface area (Å²) < 4.78 is 19.0. The van der Waals surface area contributed by atoms with Gasteiger partial charge in [-0.25, -0.2) is 14.4 Å². The molecule has 1 N–H and O–H groups in total. The van der Waals surface area contributed by atoms with Crippen molar-refractivity contribution < 1.29 is 14.2 Å². The Bertz CT molecular complexity index is 743. The third-order valence-electron chi connectivity index (χ3n) is 5.16. The molecule has 2 aromatic rings. The Morgan fingerprint density at radius 3 is 2.85 bits per heavy atom. The van der Waals surface area contributed by atoms with Crippen molar-refractivity contribution in [3.8, 4) is 5.75 Å². The summed E-state index contributed by atoms with van der Waals surface area (Å²) in [6.45, 7) is 4.41. The van der Waals surface area contributed by atoms with Gasteiger partial charge in [0, 0.05) is 38.1 Å². The first-order valence-corrected chi connectivity index (χ1v) is 9.00. The highest BCUT2D eigenvalue weighted by Crippen LogP contribution is 2.28. The Labute approximate surface area is 152 Å². The molecule has 0 spiro atoms. The number of aromatic nitrogens is 2. The number of rotatable bonds is 5. The zero-order valence-corrected chi connectivity index (χ0v) is 14.6. The van der Waals surface area contributed by atoms with Gasteiger partial charge in [0.25, 0.3) is 0 Å². The van der Waals surface area contributed by atoms with E-state index in [4.69, 9.17) is 4.74 Å². The molecule has 6 nitrogen and oxygen atoms in total. The normalized spacial score (nSPS) is 23.1. The van der Waals surface area contributed by atoms with Crippen molar-refractivity contribution >= 4 is 5.95 Å². The Balaban J connectivity index is 1.32. The Morgan fingerprint density at radius 1 is 1.19 bits per heavy atom. The number of piperazine rings is 1. The van der Waals surface area contributed by atoms with Crippen LogP contribution < -0.4 is 9.64 Å². The third-order valence-corrected chi connectivity index (χ3v) is 5.16. The summed E-state index contributed by atoms with van der Waals surface area (Å²) in [5.74, 6) is 1.48. The van der Waals surface area contributed by atoms with Crippen LogP contribution >= 0.6 is 0 Å². The quantitative estimate of drug-likeness (QED) is 0.878. The second kappa shape index (κ2) is 7.55. The number of aliphatic hydroxyl groups excluding tert-OH is 1. The number of hydrogen-bond donors (Lipinski definition) is 1. The first-order chi connectivity index (χ1) is 12.7. The van der Waals surface area contributed by atoms with Crippen LogP contribution in [0.3, 0.4) is 0 Å². The van der Waals surface area contributed by atoms with Gasteiger partial charge in [-0.1, -0.05) is 12.1 Å². The van der Waals surface area contributed by atoms with Crippen molar-refractivity contribution in [3.05, 3.63) is 48.0 Å². The van der Waals surface area contributed by atoms with Crippen molar-refractivity contribution in [1.29, 1.82) is 0 Å². The van der Waals surface area contributed by atoms with Gasteiger partial charge in [0.15, 0.2) is 5.82 Å². The Hall–Kier alpha value is -2.25. The van der Waals surface area contributed by atoms with Gasteiger partial charge in [0.1, 0.15) is 5.75 Å². The van der Waals surface area contributed by atoms with Crippen LogP contribution in [0.5, 0.6) is 5.75 Å². The number of hydrogen-bond acceptors (Lipinski definition) is 6. The first kappa shape index (κ1) is 17.2. The average Bonchev–Trinajstić information content (AvgIpc) is 3.09. The maximum Gasteiger partial charge on any atom is 0.225 e. The molecule has 138 valence electrons. The van der Waals surface area contributed by atoms with Crippen LogP contribution in [0.2, 0.25) is 0 Å². The molecular weight excluding hydrogens is 335 g/mol. The maximum atomic E-state index is 13.0. The first-order valence-electron chi connectivity index (χ1n) is 9.00. The molecule has 2 aliphatic heterocycles. The number of nitrogens with zero attached hydrogens (tertiary/aromatic N) is 4. The summed E-state index contributed by atoms with van der Waals surface area (Å²) in [7, 11) is 0. The summed E-state index contributed by atoms with van der Waals surface area (Å²) in [6.07, 6.45) is 3.51. The van der Waals surface area contributed by atoms with Gasteiger partial charge in [-0.3, -0.25) is 4.90 Å². The molecule has 3 heterocycles. The fourth-order valence-electron chi connectivity index (χ4n) is 3.87. The van der Waals surface area contributed by atoms with E-state index in [2.05, 4.69) is 19.8 Å². The third kappa shape index (κ3) is 3.78. The van der Waals surface area contributed by atoms with Crippen LogP contribution in [-0.4, -0.2) is 58.8 Å². The van der Waals surface area contributed by atoms with E-state index >= 15 is 0 Å². The van der Waals surface area contributed by atoms with E-state index in [1.807, 2.05) is 24.3 Å². The van der Waals surface area contributed by atoms with Crippen molar-refractivity contribution in [2.45, 2.75) is 19.1 Å². The summed E-state index contributed by atoms with van der Waals surface area (Å²) >= 11 is 0. The number of aliphatic hydroxyl groups is 1. The van der Waals surface area contributed by atoms with Gasteiger partial charge in [-0.15, -0.1) is 0 Å². The molecule has 0 unspecified atom stereocenters. The number of anilines is 1. The number of fused-ring (bicyclic) bond motifs is 1. The molecular formula is C19H23FN4O2. The number of ether oxygens (including phenoxy) is 1. The van der Waals surface area contributed by atoms with Crippen LogP contribution in [0.15, 0.2) is 36.7 Å². The fraction of sp³-hybridized carbons (Fsp3) is 0.474. The average molecular weight is 358 g/mol. The molecule has 2 fully saturated rings. The monoisotopic (exact) mass is 358 g/mol. The lowest BCUT2D eigenvalue weighted by Gasteiger charge is -2.37. The summed E-state index contributed by atoms with van der Waals surface area (Å²) in [5, 5.41) is 9.22. The lowest BCUT2D eigenvalue weighted by atomic mass is 10.1. The minimum atomic E-state index is -0.407. The second-order valence-electron chi connectivity index (χ2n) is 7.01. The predicted octanol–water partition coefficient (Wildman–Crippen LogP) is 1.70. The van der Waals surface area contributed by atoms with Crippen molar-refractivity contribution in [3.63, 3.8) is 0 Å². The van der Waals surface area contributed by atoms with Crippen molar-refractivity contribution in [2.75, 3.05) is 37.7 Å². The fourth-order valence-corrected chi connectivity index (χ4v) is 3.87. The largest absolute Gasteiger partial charge is 0.493 e. The van der Waals surface area contributed by atoms with E-state index < -0.39 is 5.82 Å². The van der Waals surface area contributed by atoms with Crippen LogP contribution in [0.4, 0.5) is 10.3 Å². The molecule has 1 aromatic carbocycles. The number of halogens is 1. The molecule has 26 heavy (non-hydrogen) atoms. The highest BCUT2D eigenvalue weighted by Gasteiger charge is 2.37. The standard InChI is InChI=1S/C19H23FN4O2/c20-16-8-21-19(22-9-16)24-5-4-23-10-15(6-17(23)11-24)13-26-18-3-1-2-14(7-18)12-25/h1-3,7-9,15,17,25H,4-6,10-13H2/t15-,17-/m0/s1. The molecule has 0 radical (unpaired) electrons. The summed E-state index contributed by atoms with van der Waals surface area (Å²) in [4.78, 5) is 12.8. The number of benzene rings is 1. The SMILES string of the molecule is OCc1cccc(OC[C@H]2C[C@H]3CN(c4ncc(F)cn4)CCN3C2)c1. The van der Waals surface area contributed by atoms with E-state index in [9.17, 15) is 9.50 Å². The molecule has 0 amide bonds. The molecule has 2 saturated heterocycles. The topological polar surface area (TPSA) is 61.7 Å². The van der Waals surface area contributed by atoms with E-state index in [0.29, 0.717) is 24.5 Å². The van der Waals surface area contributed by atoms with Gasteiger partial charge in [-0.2, -0.15) is 0 Å². The molecule has 0 aliphatic carbocycles. The molecule has 4 rings (SSSR count). The lowest BCUT2D eigenvalue weighted by Crippen LogP contribution is -2.50. The van der Waals surface area contributed by atoms with Crippen LogP contribution in [0, 0.1) is 11.7 Å². The predicted molar refractivity (Wildman–Crippen MR) is 95.5 cm³/mol. The van der Waals surface area contributed by atoms with Crippen molar-refractivity contribution in [1.82, 2.24) is 14.9 Å². The molecule has 0 saturated carbocycles. The van der Waals surface area contributed by atoms with Crippen LogP contribution in [-0.2, 0) is 6.61 Å². The lowest BCUT2D eigenvalue weighted by molar-refractivity contribution is 0.216. The van der Waals surface area contributed by atoms with Gasteiger partial charge in [0.2, 0.25) is 5.95 Å². The zero-order chi connectivity index (χ0) is 17.9. The highest BCUT2D eigenvalue weighted by molar-refractivity contribution is 5.31. The van der Waals surface area contributed by atoms with E-state index in [1.165, 1.54) is 12.4 Å². The van der Waals surface area contributed by atoms with E-state index in [1.54, 1.807) is 0 Å². The molecule has 0 bridgehead atoms. The molecule has 1 aromatic heterocycles. The molecule has 2 atom stereocenters. The van der Waals surface area contributed by atoms with Gasteiger partial charge in [-0.05, 0) is 24.1 Å². The minimum Gasteiger partial charge on any atom is -0.493 e. The molecule has 7 heteroatoms. The van der Waals surface area contributed by atoms with Gasteiger partial charge >= 0.3 is 0 Å². The zero-order valence-electron chi connectivity index (χ0n) is 14.6. The summed E-state index contributed by atoms with van der Waals surface area (Å²) in [6, 6.07) is 8.05. The van der Waals surface area contributed by atoms with Crippen LogP contribution in [0.25, 0.3) is 0 Å². The second-order valence-corrected chi connectivity index (χ2v) is 7.01.